The smallest absolute Gasteiger partial charge is 0.224 e. The highest BCUT2D eigenvalue weighted by Gasteiger charge is 2.26. The monoisotopic (exact) mass is 395 g/mol. The third-order valence-corrected chi connectivity index (χ3v) is 5.81. The summed E-state index contributed by atoms with van der Waals surface area (Å²) in [7, 11) is 0. The number of rotatable bonds is 8. The molecule has 1 aliphatic rings. The molecule has 0 spiro atoms. The molecule has 2 aromatic rings. The first-order valence-electron chi connectivity index (χ1n) is 10.8. The van der Waals surface area contributed by atoms with Crippen molar-refractivity contribution in [1.29, 1.82) is 0 Å². The predicted molar refractivity (Wildman–Crippen MR) is 118 cm³/mol. The molecule has 0 saturated carbocycles. The summed E-state index contributed by atoms with van der Waals surface area (Å²) in [6.07, 6.45) is 1.93. The maximum Gasteiger partial charge on any atom is 0.224 e. The Labute approximate surface area is 174 Å². The van der Waals surface area contributed by atoms with Crippen molar-refractivity contribution in [3.8, 4) is 11.3 Å². The minimum absolute atomic E-state index is 0.0123. The van der Waals surface area contributed by atoms with Gasteiger partial charge < -0.3 is 15.1 Å². The first-order valence-corrected chi connectivity index (χ1v) is 10.8. The second kappa shape index (κ2) is 10.3. The Hall–Kier alpha value is -2.47. The van der Waals surface area contributed by atoms with Gasteiger partial charge in [0.05, 0.1) is 11.6 Å². The van der Waals surface area contributed by atoms with E-state index >= 15 is 0 Å². The van der Waals surface area contributed by atoms with Gasteiger partial charge in [-0.25, -0.2) is 0 Å². The van der Waals surface area contributed by atoms with Crippen LogP contribution in [0.1, 0.15) is 32.3 Å². The molecule has 0 aliphatic carbocycles. The lowest BCUT2D eigenvalue weighted by Crippen LogP contribution is -2.45. The number of carbonyl (C=O) groups is 1. The Bertz CT molecular complexity index is 788. The summed E-state index contributed by atoms with van der Waals surface area (Å²) in [5.74, 6) is 1.02. The van der Waals surface area contributed by atoms with Crippen molar-refractivity contribution in [3.63, 3.8) is 0 Å². The summed E-state index contributed by atoms with van der Waals surface area (Å²) in [6, 6.07) is 12.2. The molecule has 29 heavy (non-hydrogen) atoms. The Morgan fingerprint density at radius 3 is 2.66 bits per heavy atom. The van der Waals surface area contributed by atoms with Crippen LogP contribution in [0.2, 0.25) is 0 Å². The van der Waals surface area contributed by atoms with Gasteiger partial charge in [-0.05, 0) is 50.6 Å². The number of aromatic nitrogens is 2. The summed E-state index contributed by atoms with van der Waals surface area (Å²) < 4.78 is 0. The molecule has 1 aromatic carbocycles. The highest BCUT2D eigenvalue weighted by Crippen LogP contribution is 2.24. The number of piperidine rings is 1. The number of hydrogen-bond acceptors (Lipinski definition) is 5. The fourth-order valence-electron chi connectivity index (χ4n) is 3.92. The normalized spacial score (nSPS) is 16.8. The summed E-state index contributed by atoms with van der Waals surface area (Å²) in [5.41, 5.74) is 3.18. The fourth-order valence-corrected chi connectivity index (χ4v) is 3.92. The van der Waals surface area contributed by atoms with Gasteiger partial charge in [0.2, 0.25) is 5.91 Å². The van der Waals surface area contributed by atoms with Crippen molar-refractivity contribution in [2.45, 2.75) is 33.6 Å². The molecule has 2 heterocycles. The van der Waals surface area contributed by atoms with Crippen molar-refractivity contribution < 1.29 is 4.79 Å². The van der Waals surface area contributed by atoms with Crippen LogP contribution in [0.3, 0.4) is 0 Å². The van der Waals surface area contributed by atoms with E-state index in [2.05, 4.69) is 58.2 Å². The molecule has 1 saturated heterocycles. The van der Waals surface area contributed by atoms with Gasteiger partial charge in [-0.15, -0.1) is 10.2 Å². The number of nitrogens with zero attached hydrogens (tertiary/aromatic N) is 4. The van der Waals surface area contributed by atoms with Crippen LogP contribution in [0.4, 0.5) is 5.82 Å². The average Bonchev–Trinajstić information content (AvgIpc) is 2.77. The molecule has 0 unspecified atom stereocenters. The van der Waals surface area contributed by atoms with E-state index in [-0.39, 0.29) is 11.8 Å². The van der Waals surface area contributed by atoms with Crippen molar-refractivity contribution >= 4 is 11.7 Å². The molecule has 6 nitrogen and oxygen atoms in total. The predicted octanol–water partition coefficient (Wildman–Crippen LogP) is 3.13. The van der Waals surface area contributed by atoms with Crippen molar-refractivity contribution in [3.05, 3.63) is 42.0 Å². The third-order valence-electron chi connectivity index (χ3n) is 5.81. The Morgan fingerprint density at radius 1 is 1.17 bits per heavy atom. The topological polar surface area (TPSA) is 61.4 Å². The molecule has 6 heteroatoms. The number of carbonyl (C=O) groups excluding carboxylic acids is 1. The molecule has 3 rings (SSSR count). The molecule has 156 valence electrons. The van der Waals surface area contributed by atoms with E-state index in [1.807, 2.05) is 24.3 Å². The average molecular weight is 396 g/mol. The van der Waals surface area contributed by atoms with Crippen LogP contribution >= 0.6 is 0 Å². The molecular formula is C23H33N5O. The van der Waals surface area contributed by atoms with E-state index in [4.69, 9.17) is 0 Å². The highest BCUT2D eigenvalue weighted by atomic mass is 16.1. The Balaban J connectivity index is 1.57. The van der Waals surface area contributed by atoms with Crippen LogP contribution in [0.25, 0.3) is 11.3 Å². The van der Waals surface area contributed by atoms with Crippen LogP contribution in [-0.4, -0.2) is 60.3 Å². The van der Waals surface area contributed by atoms with E-state index in [1.54, 1.807) is 0 Å². The number of nitrogens with one attached hydrogen (secondary N) is 1. The SMILES string of the molecule is CCN(CC)CCNC(=O)[C@@H]1CCCN(c2ccc(-c3ccccc3C)nn2)C1. The lowest BCUT2D eigenvalue weighted by Gasteiger charge is -2.32. The van der Waals surface area contributed by atoms with Crippen molar-refractivity contribution in [1.82, 2.24) is 20.4 Å². The van der Waals surface area contributed by atoms with E-state index in [1.165, 1.54) is 5.56 Å². The zero-order chi connectivity index (χ0) is 20.6. The van der Waals surface area contributed by atoms with E-state index in [9.17, 15) is 4.79 Å². The largest absolute Gasteiger partial charge is 0.355 e. The summed E-state index contributed by atoms with van der Waals surface area (Å²) in [5, 5.41) is 12.0. The minimum Gasteiger partial charge on any atom is -0.355 e. The van der Waals surface area contributed by atoms with Gasteiger partial charge in [0.15, 0.2) is 5.82 Å². The standard InChI is InChI=1S/C23H33N5O/c1-4-27(5-2)16-14-24-23(29)19-10-8-15-28(17-19)22-13-12-21(25-26-22)20-11-7-6-9-18(20)3/h6-7,9,11-13,19H,4-5,8,10,14-17H2,1-3H3,(H,24,29)/t19-/m1/s1. The van der Waals surface area contributed by atoms with Crippen LogP contribution in [0.15, 0.2) is 36.4 Å². The maximum atomic E-state index is 12.6. The van der Waals surface area contributed by atoms with Crippen LogP contribution in [-0.2, 0) is 4.79 Å². The lowest BCUT2D eigenvalue weighted by atomic mass is 9.97. The van der Waals surface area contributed by atoms with Crippen molar-refractivity contribution in [2.24, 2.45) is 5.92 Å². The molecule has 0 radical (unpaired) electrons. The van der Waals surface area contributed by atoms with Gasteiger partial charge in [0.25, 0.3) is 0 Å². The maximum absolute atomic E-state index is 12.6. The van der Waals surface area contributed by atoms with Crippen molar-refractivity contribution in [2.75, 3.05) is 44.2 Å². The summed E-state index contributed by atoms with van der Waals surface area (Å²) >= 11 is 0. The third kappa shape index (κ3) is 5.54. The van der Waals surface area contributed by atoms with Crippen LogP contribution in [0, 0.1) is 12.8 Å². The van der Waals surface area contributed by atoms with Gasteiger partial charge in [-0.1, -0.05) is 38.1 Å². The minimum atomic E-state index is 0.0123. The summed E-state index contributed by atoms with van der Waals surface area (Å²) in [6.45, 7) is 11.6. The molecule has 1 atom stereocenters. The zero-order valence-electron chi connectivity index (χ0n) is 17.9. The first-order chi connectivity index (χ1) is 14.1. The number of benzene rings is 1. The number of hydrogen-bond donors (Lipinski definition) is 1. The van der Waals surface area contributed by atoms with Crippen LogP contribution in [0.5, 0.6) is 0 Å². The second-order valence-corrected chi connectivity index (χ2v) is 7.69. The van der Waals surface area contributed by atoms with Gasteiger partial charge in [0.1, 0.15) is 0 Å². The molecule has 1 aromatic heterocycles. The Kier molecular flexibility index (Phi) is 7.58. The van der Waals surface area contributed by atoms with E-state index in [0.29, 0.717) is 13.1 Å². The lowest BCUT2D eigenvalue weighted by molar-refractivity contribution is -0.125. The van der Waals surface area contributed by atoms with Gasteiger partial charge in [-0.2, -0.15) is 0 Å². The Morgan fingerprint density at radius 2 is 1.97 bits per heavy atom. The van der Waals surface area contributed by atoms with E-state index < -0.39 is 0 Å². The number of anilines is 1. The quantitative estimate of drug-likeness (QED) is 0.744. The molecule has 1 N–H and O–H groups in total. The first kappa shape index (κ1) is 21.2. The van der Waals surface area contributed by atoms with Gasteiger partial charge >= 0.3 is 0 Å². The fraction of sp³-hybridized carbons (Fsp3) is 0.522. The zero-order valence-corrected chi connectivity index (χ0v) is 17.9. The molecule has 1 amide bonds. The van der Waals surface area contributed by atoms with Gasteiger partial charge in [0, 0.05) is 31.7 Å². The summed E-state index contributed by atoms with van der Waals surface area (Å²) in [4.78, 5) is 17.1. The van der Waals surface area contributed by atoms with Crippen LogP contribution < -0.4 is 10.2 Å². The second-order valence-electron chi connectivity index (χ2n) is 7.69. The molecule has 1 fully saturated rings. The molecule has 0 bridgehead atoms. The number of amides is 1. The van der Waals surface area contributed by atoms with Gasteiger partial charge in [-0.3, -0.25) is 4.79 Å². The number of aryl methyl sites for hydroxylation is 1. The number of likely N-dealkylation sites (N-methyl/N-ethyl adjacent to an activating group) is 1. The molecular weight excluding hydrogens is 362 g/mol. The highest BCUT2D eigenvalue weighted by molar-refractivity contribution is 5.79. The van der Waals surface area contributed by atoms with E-state index in [0.717, 1.165) is 56.1 Å². The molecule has 1 aliphatic heterocycles.